The molecule has 0 spiro atoms. The van der Waals surface area contributed by atoms with Crippen LogP contribution in [-0.2, 0) is 9.53 Å². The summed E-state index contributed by atoms with van der Waals surface area (Å²) in [6.07, 6.45) is 1.38. The van der Waals surface area contributed by atoms with E-state index in [0.29, 0.717) is 18.6 Å². The highest BCUT2D eigenvalue weighted by atomic mass is 16.5. The lowest BCUT2D eigenvalue weighted by atomic mass is 10.3. The first-order valence-corrected chi connectivity index (χ1v) is 5.45. The molecule has 94 valence electrons. The summed E-state index contributed by atoms with van der Waals surface area (Å²) in [4.78, 5) is 10.2. The molecule has 2 N–H and O–H groups in total. The van der Waals surface area contributed by atoms with Crippen molar-refractivity contribution in [3.05, 3.63) is 0 Å². The first-order valence-electron chi connectivity index (χ1n) is 5.45. The predicted molar refractivity (Wildman–Crippen MR) is 61.9 cm³/mol. The van der Waals surface area contributed by atoms with Crippen LogP contribution in [0.5, 0.6) is 0 Å². The largest absolute Gasteiger partial charge is 0.394 e. The van der Waals surface area contributed by atoms with Crippen molar-refractivity contribution in [2.75, 3.05) is 26.4 Å². The summed E-state index contributed by atoms with van der Waals surface area (Å²) in [5.74, 6) is 0.343. The summed E-state index contributed by atoms with van der Waals surface area (Å²) < 4.78 is 4.83. The predicted octanol–water partition coefficient (Wildman–Crippen LogP) is 1.39. The molecule has 0 fully saturated rings. The second kappa shape index (κ2) is 23.4. The molecule has 0 rings (SSSR count). The Bertz CT molecular complexity index is 94.8. The van der Waals surface area contributed by atoms with Gasteiger partial charge < -0.3 is 14.9 Å². The van der Waals surface area contributed by atoms with Crippen LogP contribution >= 0.6 is 0 Å². The van der Waals surface area contributed by atoms with Gasteiger partial charge in [-0.2, -0.15) is 0 Å². The van der Waals surface area contributed by atoms with E-state index in [0.717, 1.165) is 13.2 Å². The molecule has 15 heavy (non-hydrogen) atoms. The van der Waals surface area contributed by atoms with Crippen LogP contribution in [0.4, 0.5) is 0 Å². The first kappa shape index (κ1) is 20.0. The highest BCUT2D eigenvalue weighted by molar-refractivity contribution is 5.77. The van der Waals surface area contributed by atoms with E-state index in [1.54, 1.807) is 0 Å². The minimum Gasteiger partial charge on any atom is -0.394 e. The van der Waals surface area contributed by atoms with Crippen LogP contribution in [0.3, 0.4) is 0 Å². The third-order valence-electron chi connectivity index (χ3n) is 1.30. The maximum atomic E-state index is 10.2. The normalized spacial score (nSPS) is 8.13. The smallest absolute Gasteiger partial charge is 0.132 e. The Balaban J connectivity index is -0.000000147. The van der Waals surface area contributed by atoms with E-state index >= 15 is 0 Å². The molecule has 0 saturated carbocycles. The van der Waals surface area contributed by atoms with Gasteiger partial charge in [0.1, 0.15) is 5.78 Å². The minimum absolute atomic E-state index is 0.125. The maximum Gasteiger partial charge on any atom is 0.132 e. The van der Waals surface area contributed by atoms with Gasteiger partial charge in [-0.05, 0) is 13.8 Å². The Labute approximate surface area is 93.3 Å². The van der Waals surface area contributed by atoms with E-state index in [9.17, 15) is 4.79 Å². The van der Waals surface area contributed by atoms with Crippen molar-refractivity contribution in [1.29, 1.82) is 0 Å². The summed E-state index contributed by atoms with van der Waals surface area (Å²) in [5.41, 5.74) is 0. The van der Waals surface area contributed by atoms with Crippen LogP contribution in [0.1, 0.15) is 40.5 Å². The highest BCUT2D eigenvalue weighted by Crippen LogP contribution is 1.83. The van der Waals surface area contributed by atoms with Gasteiger partial charge >= 0.3 is 0 Å². The fourth-order valence-corrected chi connectivity index (χ4v) is 0.454. The number of Topliss-reactive ketones (excluding diaryl/α,β-unsaturated/α-hetero) is 1. The number of aliphatic hydroxyl groups excluding tert-OH is 2. The van der Waals surface area contributed by atoms with Crippen molar-refractivity contribution in [3.8, 4) is 0 Å². The van der Waals surface area contributed by atoms with Crippen LogP contribution in [0.2, 0.25) is 0 Å². The number of hydrogen-bond acceptors (Lipinski definition) is 4. The van der Waals surface area contributed by atoms with Crippen molar-refractivity contribution in [2.45, 2.75) is 40.5 Å². The van der Waals surface area contributed by atoms with Crippen molar-refractivity contribution < 1.29 is 19.7 Å². The molecule has 0 aromatic heterocycles. The monoisotopic (exact) mass is 222 g/mol. The summed E-state index contributed by atoms with van der Waals surface area (Å²) in [6, 6.07) is 0. The van der Waals surface area contributed by atoms with Gasteiger partial charge in [0, 0.05) is 26.1 Å². The maximum absolute atomic E-state index is 10.2. The summed E-state index contributed by atoms with van der Waals surface area (Å²) >= 11 is 0. The van der Waals surface area contributed by atoms with E-state index in [4.69, 9.17) is 14.9 Å². The third kappa shape index (κ3) is 42.1. The zero-order chi connectivity index (χ0) is 12.5. The molecular formula is C11H26O4. The van der Waals surface area contributed by atoms with Crippen molar-refractivity contribution >= 4 is 5.78 Å². The molecule has 0 aromatic carbocycles. The molecular weight excluding hydrogens is 196 g/mol. The zero-order valence-corrected chi connectivity index (χ0v) is 10.5. The molecule has 0 aliphatic rings. The van der Waals surface area contributed by atoms with E-state index < -0.39 is 0 Å². The number of hydrogen-bond donors (Lipinski definition) is 2. The van der Waals surface area contributed by atoms with Gasteiger partial charge in [0.15, 0.2) is 0 Å². The van der Waals surface area contributed by atoms with E-state index in [-0.39, 0.29) is 13.2 Å². The Morgan fingerprint density at radius 2 is 1.27 bits per heavy atom. The van der Waals surface area contributed by atoms with Gasteiger partial charge in [-0.1, -0.05) is 13.8 Å². The number of rotatable bonds is 5. The number of ether oxygens (including phenoxy) is 1. The van der Waals surface area contributed by atoms with Crippen molar-refractivity contribution in [2.24, 2.45) is 0 Å². The Hall–Kier alpha value is -0.450. The second-order valence-electron chi connectivity index (χ2n) is 2.47. The molecule has 0 aromatic rings. The molecule has 0 saturated heterocycles. The summed E-state index contributed by atoms with van der Waals surface area (Å²) in [5, 5.41) is 15.2. The topological polar surface area (TPSA) is 66.8 Å². The number of carbonyl (C=O) groups is 1. The lowest BCUT2D eigenvalue weighted by Crippen LogP contribution is -1.88. The number of carbonyl (C=O) groups excluding carboxylic acids is 1. The molecule has 0 bridgehead atoms. The summed E-state index contributed by atoms with van der Waals surface area (Å²) in [6.45, 7) is 9.18. The SMILES string of the molecule is CCC(=O)CC.CCOCC.OCCO. The average molecular weight is 222 g/mol. The van der Waals surface area contributed by atoms with Crippen LogP contribution in [0.25, 0.3) is 0 Å². The van der Waals surface area contributed by atoms with E-state index in [1.807, 2.05) is 27.7 Å². The third-order valence-corrected chi connectivity index (χ3v) is 1.30. The summed E-state index contributed by atoms with van der Waals surface area (Å²) in [7, 11) is 0. The molecule has 0 amide bonds. The van der Waals surface area contributed by atoms with Crippen LogP contribution in [-0.4, -0.2) is 42.4 Å². The van der Waals surface area contributed by atoms with Gasteiger partial charge in [-0.3, -0.25) is 4.79 Å². The Morgan fingerprint density at radius 3 is 1.27 bits per heavy atom. The van der Waals surface area contributed by atoms with Gasteiger partial charge in [-0.25, -0.2) is 0 Å². The van der Waals surface area contributed by atoms with E-state index in [2.05, 4.69) is 0 Å². The van der Waals surface area contributed by atoms with Crippen LogP contribution in [0, 0.1) is 0 Å². The lowest BCUT2D eigenvalue weighted by Gasteiger charge is -1.86. The lowest BCUT2D eigenvalue weighted by molar-refractivity contribution is -0.118. The fourth-order valence-electron chi connectivity index (χ4n) is 0.454. The zero-order valence-electron chi connectivity index (χ0n) is 10.5. The molecule has 0 radical (unpaired) electrons. The molecule has 0 heterocycles. The first-order chi connectivity index (χ1) is 7.14. The standard InChI is InChI=1S/C5H10O.C4H10O.C2H6O2/c1-3-5(6)4-2;1-3-5-4-2;3-1-2-4/h3-4H2,1-2H3;3-4H2,1-2H3;3-4H,1-2H2. The molecule has 4 nitrogen and oxygen atoms in total. The Morgan fingerprint density at radius 1 is 0.933 bits per heavy atom. The van der Waals surface area contributed by atoms with Crippen molar-refractivity contribution in [1.82, 2.24) is 0 Å². The van der Waals surface area contributed by atoms with Crippen LogP contribution < -0.4 is 0 Å². The fraction of sp³-hybridized carbons (Fsp3) is 0.909. The molecule has 0 aliphatic heterocycles. The number of ketones is 1. The van der Waals surface area contributed by atoms with Gasteiger partial charge in [0.05, 0.1) is 13.2 Å². The van der Waals surface area contributed by atoms with Gasteiger partial charge in [0.25, 0.3) is 0 Å². The van der Waals surface area contributed by atoms with Crippen molar-refractivity contribution in [3.63, 3.8) is 0 Å². The second-order valence-corrected chi connectivity index (χ2v) is 2.47. The highest BCUT2D eigenvalue weighted by Gasteiger charge is 1.86. The minimum atomic E-state index is -0.125. The number of aliphatic hydroxyl groups is 2. The van der Waals surface area contributed by atoms with E-state index in [1.165, 1.54) is 0 Å². The average Bonchev–Trinajstić information content (AvgIpc) is 2.30. The Kier molecular flexibility index (Phi) is 31.2. The van der Waals surface area contributed by atoms with Gasteiger partial charge in [0.2, 0.25) is 0 Å². The molecule has 0 atom stereocenters. The van der Waals surface area contributed by atoms with Crippen LogP contribution in [0.15, 0.2) is 0 Å². The quantitative estimate of drug-likeness (QED) is 0.737. The van der Waals surface area contributed by atoms with Gasteiger partial charge in [-0.15, -0.1) is 0 Å². The molecule has 4 heteroatoms. The molecule has 0 unspecified atom stereocenters. The molecule has 0 aliphatic carbocycles.